The third kappa shape index (κ3) is 6.55. The Morgan fingerprint density at radius 1 is 1.09 bits per heavy atom. The number of hydrogen-bond donors (Lipinski definition) is 2. The largest absolute Gasteiger partial charge is 0.486 e. The molecule has 0 bridgehead atoms. The van der Waals surface area contributed by atoms with Gasteiger partial charge >= 0.3 is 6.18 Å². The molecule has 10 heteroatoms. The van der Waals surface area contributed by atoms with E-state index in [1.807, 2.05) is 31.2 Å². The summed E-state index contributed by atoms with van der Waals surface area (Å²) in [7, 11) is 0. The highest BCUT2D eigenvalue weighted by Crippen LogP contribution is 2.36. The molecule has 1 heterocycles. The van der Waals surface area contributed by atoms with Crippen LogP contribution in [0.5, 0.6) is 5.75 Å². The van der Waals surface area contributed by atoms with Gasteiger partial charge in [-0.2, -0.15) is 13.2 Å². The Bertz CT molecular complexity index is 1110. The summed E-state index contributed by atoms with van der Waals surface area (Å²) in [4.78, 5) is 27.7. The van der Waals surface area contributed by atoms with Crippen LogP contribution in [0.4, 0.5) is 24.5 Å². The minimum absolute atomic E-state index is 0.0134. The van der Waals surface area contributed by atoms with Crippen molar-refractivity contribution in [1.82, 2.24) is 4.98 Å². The molecule has 0 radical (unpaired) electrons. The maximum Gasteiger partial charge on any atom is 0.418 e. The lowest BCUT2D eigenvalue weighted by molar-refractivity contribution is -0.137. The number of carbonyl (C=O) groups is 2. The molecule has 6 nitrogen and oxygen atoms in total. The van der Waals surface area contributed by atoms with Gasteiger partial charge in [0.25, 0.3) is 0 Å². The number of thiazole rings is 1. The number of benzene rings is 2. The summed E-state index contributed by atoms with van der Waals surface area (Å²) in [6, 6.07) is 10.7. The second-order valence-corrected chi connectivity index (χ2v) is 7.94. The van der Waals surface area contributed by atoms with E-state index in [0.717, 1.165) is 17.7 Å². The number of alkyl halides is 3. The van der Waals surface area contributed by atoms with Crippen molar-refractivity contribution in [3.05, 3.63) is 69.7 Å². The van der Waals surface area contributed by atoms with E-state index >= 15 is 0 Å². The first-order chi connectivity index (χ1) is 15.1. The van der Waals surface area contributed by atoms with Crippen LogP contribution >= 0.6 is 11.3 Å². The van der Waals surface area contributed by atoms with E-state index in [1.54, 1.807) is 5.38 Å². The molecule has 32 heavy (non-hydrogen) atoms. The van der Waals surface area contributed by atoms with Crippen LogP contribution in [0, 0.1) is 6.92 Å². The molecule has 3 aromatic rings. The number of nitrogens with one attached hydrogen (secondary N) is 2. The van der Waals surface area contributed by atoms with Crippen LogP contribution in [0.1, 0.15) is 28.8 Å². The Balaban J connectivity index is 1.63. The topological polar surface area (TPSA) is 80.3 Å². The molecule has 2 aromatic carbocycles. The molecule has 0 unspecified atom stereocenters. The number of halogens is 3. The molecule has 0 atom stereocenters. The molecular weight excluding hydrogens is 443 g/mol. The second kappa shape index (κ2) is 9.82. The Labute approximate surface area is 186 Å². The first-order valence-corrected chi connectivity index (χ1v) is 10.4. The SMILES string of the molecule is CC(=O)Nc1ccc(NC(=O)Cc2csc(COc3ccc(C)cc3)n2)c(C(F)(F)F)c1. The zero-order valence-corrected chi connectivity index (χ0v) is 18.1. The number of nitrogens with zero attached hydrogens (tertiary/aromatic N) is 1. The quantitative estimate of drug-likeness (QED) is 0.506. The van der Waals surface area contributed by atoms with Crippen molar-refractivity contribution in [2.75, 3.05) is 10.6 Å². The van der Waals surface area contributed by atoms with Crippen molar-refractivity contribution in [3.8, 4) is 5.75 Å². The lowest BCUT2D eigenvalue weighted by Crippen LogP contribution is -2.19. The summed E-state index contributed by atoms with van der Waals surface area (Å²) >= 11 is 1.30. The van der Waals surface area contributed by atoms with Crippen LogP contribution in [0.3, 0.4) is 0 Å². The van der Waals surface area contributed by atoms with Crippen LogP contribution < -0.4 is 15.4 Å². The van der Waals surface area contributed by atoms with Crippen molar-refractivity contribution in [1.29, 1.82) is 0 Å². The monoisotopic (exact) mass is 463 g/mol. The molecule has 0 fully saturated rings. The van der Waals surface area contributed by atoms with E-state index in [4.69, 9.17) is 4.74 Å². The molecule has 0 aliphatic rings. The predicted octanol–water partition coefficient (Wildman–Crippen LogP) is 5.19. The van der Waals surface area contributed by atoms with Gasteiger partial charge in [-0.15, -0.1) is 11.3 Å². The van der Waals surface area contributed by atoms with E-state index in [9.17, 15) is 22.8 Å². The predicted molar refractivity (Wildman–Crippen MR) is 116 cm³/mol. The Kier molecular flexibility index (Phi) is 7.14. The average molecular weight is 463 g/mol. The summed E-state index contributed by atoms with van der Waals surface area (Å²) in [5.41, 5.74) is 0.0784. The highest BCUT2D eigenvalue weighted by atomic mass is 32.1. The normalized spacial score (nSPS) is 11.2. The molecule has 0 aliphatic heterocycles. The van der Waals surface area contributed by atoms with Gasteiger partial charge in [-0.1, -0.05) is 17.7 Å². The molecule has 2 N–H and O–H groups in total. The third-order valence-corrected chi connectivity index (χ3v) is 5.11. The van der Waals surface area contributed by atoms with Gasteiger partial charge in [0, 0.05) is 18.0 Å². The molecule has 0 saturated carbocycles. The lowest BCUT2D eigenvalue weighted by Gasteiger charge is -2.15. The third-order valence-electron chi connectivity index (χ3n) is 4.24. The van der Waals surface area contributed by atoms with Crippen LogP contribution in [-0.4, -0.2) is 16.8 Å². The van der Waals surface area contributed by atoms with Crippen molar-refractivity contribution >= 4 is 34.5 Å². The molecular formula is C22H20F3N3O3S. The van der Waals surface area contributed by atoms with E-state index in [-0.39, 0.29) is 18.7 Å². The lowest BCUT2D eigenvalue weighted by atomic mass is 10.1. The Morgan fingerprint density at radius 2 is 1.81 bits per heavy atom. The number of anilines is 2. The molecule has 0 saturated heterocycles. The number of rotatable bonds is 7. The van der Waals surface area contributed by atoms with Gasteiger partial charge in [-0.25, -0.2) is 4.98 Å². The van der Waals surface area contributed by atoms with Gasteiger partial charge in [-0.05, 0) is 37.3 Å². The summed E-state index contributed by atoms with van der Waals surface area (Å²) in [6.07, 6.45) is -4.90. The molecule has 3 rings (SSSR count). The first kappa shape index (κ1) is 23.3. The van der Waals surface area contributed by atoms with Crippen LogP contribution in [0.25, 0.3) is 0 Å². The van der Waals surface area contributed by atoms with E-state index in [0.29, 0.717) is 16.5 Å². The van der Waals surface area contributed by atoms with Gasteiger partial charge in [-0.3, -0.25) is 9.59 Å². The molecule has 2 amide bonds. The van der Waals surface area contributed by atoms with Crippen LogP contribution in [-0.2, 0) is 28.8 Å². The Morgan fingerprint density at radius 3 is 2.47 bits per heavy atom. The van der Waals surface area contributed by atoms with E-state index < -0.39 is 29.2 Å². The molecule has 168 valence electrons. The van der Waals surface area contributed by atoms with Gasteiger partial charge in [0.2, 0.25) is 11.8 Å². The maximum atomic E-state index is 13.4. The van der Waals surface area contributed by atoms with Gasteiger partial charge in [0.15, 0.2) is 0 Å². The van der Waals surface area contributed by atoms with Gasteiger partial charge in [0.1, 0.15) is 17.4 Å². The van der Waals surface area contributed by atoms with E-state index in [2.05, 4.69) is 15.6 Å². The highest BCUT2D eigenvalue weighted by Gasteiger charge is 2.34. The average Bonchev–Trinajstić information content (AvgIpc) is 3.14. The fourth-order valence-electron chi connectivity index (χ4n) is 2.80. The van der Waals surface area contributed by atoms with Gasteiger partial charge < -0.3 is 15.4 Å². The smallest absolute Gasteiger partial charge is 0.418 e. The summed E-state index contributed by atoms with van der Waals surface area (Å²) < 4.78 is 45.9. The Hall–Kier alpha value is -3.40. The number of aryl methyl sites for hydroxylation is 1. The van der Waals surface area contributed by atoms with E-state index in [1.165, 1.54) is 24.3 Å². The minimum atomic E-state index is -4.71. The summed E-state index contributed by atoms with van der Waals surface area (Å²) in [5, 5.41) is 6.88. The fourth-order valence-corrected chi connectivity index (χ4v) is 3.51. The second-order valence-electron chi connectivity index (χ2n) is 7.00. The minimum Gasteiger partial charge on any atom is -0.486 e. The van der Waals surface area contributed by atoms with Crippen molar-refractivity contribution < 1.29 is 27.5 Å². The van der Waals surface area contributed by atoms with Crippen molar-refractivity contribution in [3.63, 3.8) is 0 Å². The molecule has 0 aliphatic carbocycles. The van der Waals surface area contributed by atoms with Crippen molar-refractivity contribution in [2.24, 2.45) is 0 Å². The first-order valence-electron chi connectivity index (χ1n) is 9.51. The number of aromatic nitrogens is 1. The molecule has 0 spiro atoms. The number of hydrogen-bond acceptors (Lipinski definition) is 5. The summed E-state index contributed by atoms with van der Waals surface area (Å²) in [6.45, 7) is 3.38. The standard InChI is InChI=1S/C22H20F3N3O3S/c1-13-3-6-17(7-4-13)31-11-21-27-16(12-32-21)10-20(30)28-19-8-5-15(26-14(2)29)9-18(19)22(23,24)25/h3-9,12H,10-11H2,1-2H3,(H,26,29)(H,28,30). The van der Waals surface area contributed by atoms with Crippen LogP contribution in [0.15, 0.2) is 47.8 Å². The van der Waals surface area contributed by atoms with Crippen molar-refractivity contribution in [2.45, 2.75) is 33.1 Å². The number of amides is 2. The number of ether oxygens (including phenoxy) is 1. The fraction of sp³-hybridized carbons (Fsp3) is 0.227. The highest BCUT2D eigenvalue weighted by molar-refractivity contribution is 7.09. The molecule has 1 aromatic heterocycles. The van der Waals surface area contributed by atoms with Crippen LogP contribution in [0.2, 0.25) is 0 Å². The van der Waals surface area contributed by atoms with Gasteiger partial charge in [0.05, 0.1) is 23.4 Å². The zero-order valence-electron chi connectivity index (χ0n) is 17.2. The maximum absolute atomic E-state index is 13.4. The number of carbonyl (C=O) groups excluding carboxylic acids is 2. The summed E-state index contributed by atoms with van der Waals surface area (Å²) in [5.74, 6) is -0.452. The zero-order chi connectivity index (χ0) is 23.3.